The van der Waals surface area contributed by atoms with Gasteiger partial charge in [0.15, 0.2) is 0 Å². The SMILES string of the molecule is NCCOCC(=O)NCCCOCc1ccco1. The predicted molar refractivity (Wildman–Crippen MR) is 65.9 cm³/mol. The lowest BCUT2D eigenvalue weighted by Gasteiger charge is -2.06. The van der Waals surface area contributed by atoms with Crippen LogP contribution in [0.5, 0.6) is 0 Å². The van der Waals surface area contributed by atoms with Crippen molar-refractivity contribution in [2.45, 2.75) is 13.0 Å². The second-order valence-corrected chi connectivity index (χ2v) is 3.68. The van der Waals surface area contributed by atoms with E-state index in [1.165, 1.54) is 0 Å². The molecular weight excluding hydrogens is 236 g/mol. The minimum absolute atomic E-state index is 0.0600. The van der Waals surface area contributed by atoms with Crippen molar-refractivity contribution >= 4 is 5.91 Å². The topological polar surface area (TPSA) is 86.7 Å². The Bertz CT molecular complexity index is 314. The fourth-order valence-corrected chi connectivity index (χ4v) is 1.27. The first-order valence-electron chi connectivity index (χ1n) is 5.97. The van der Waals surface area contributed by atoms with Gasteiger partial charge in [0.05, 0.1) is 12.9 Å². The Labute approximate surface area is 106 Å². The first-order chi connectivity index (χ1) is 8.83. The molecule has 1 heterocycles. The van der Waals surface area contributed by atoms with Gasteiger partial charge >= 0.3 is 0 Å². The molecule has 0 saturated heterocycles. The van der Waals surface area contributed by atoms with Gasteiger partial charge in [-0.3, -0.25) is 4.79 Å². The summed E-state index contributed by atoms with van der Waals surface area (Å²) in [5.41, 5.74) is 5.23. The Kier molecular flexibility index (Phi) is 7.87. The van der Waals surface area contributed by atoms with Crippen molar-refractivity contribution in [3.8, 4) is 0 Å². The molecule has 0 bridgehead atoms. The van der Waals surface area contributed by atoms with Gasteiger partial charge in [0.25, 0.3) is 0 Å². The molecule has 0 unspecified atom stereocenters. The number of hydrogen-bond acceptors (Lipinski definition) is 5. The highest BCUT2D eigenvalue weighted by Gasteiger charge is 2.00. The third-order valence-corrected chi connectivity index (χ3v) is 2.11. The number of nitrogens with one attached hydrogen (secondary N) is 1. The molecule has 0 spiro atoms. The maximum Gasteiger partial charge on any atom is 0.245 e. The Morgan fingerprint density at radius 1 is 1.39 bits per heavy atom. The fourth-order valence-electron chi connectivity index (χ4n) is 1.27. The molecule has 0 atom stereocenters. The van der Waals surface area contributed by atoms with Crippen LogP contribution in [0.3, 0.4) is 0 Å². The van der Waals surface area contributed by atoms with Crippen LogP contribution >= 0.6 is 0 Å². The third kappa shape index (κ3) is 7.05. The number of rotatable bonds is 10. The smallest absolute Gasteiger partial charge is 0.245 e. The molecular formula is C12H20N2O4. The van der Waals surface area contributed by atoms with Gasteiger partial charge in [-0.15, -0.1) is 0 Å². The molecule has 6 heteroatoms. The van der Waals surface area contributed by atoms with E-state index in [1.54, 1.807) is 6.26 Å². The molecule has 1 aromatic heterocycles. The third-order valence-electron chi connectivity index (χ3n) is 2.11. The van der Waals surface area contributed by atoms with Gasteiger partial charge in [-0.2, -0.15) is 0 Å². The van der Waals surface area contributed by atoms with E-state index in [4.69, 9.17) is 19.6 Å². The van der Waals surface area contributed by atoms with Crippen LogP contribution in [-0.2, 0) is 20.9 Å². The summed E-state index contributed by atoms with van der Waals surface area (Å²) in [6.45, 7) is 2.49. The Hall–Kier alpha value is -1.37. The molecule has 1 amide bonds. The summed E-state index contributed by atoms with van der Waals surface area (Å²) in [5, 5.41) is 2.73. The Morgan fingerprint density at radius 2 is 2.28 bits per heavy atom. The zero-order valence-electron chi connectivity index (χ0n) is 10.4. The maximum absolute atomic E-state index is 11.2. The Morgan fingerprint density at radius 3 is 3.00 bits per heavy atom. The molecule has 18 heavy (non-hydrogen) atoms. The summed E-state index contributed by atoms with van der Waals surface area (Å²) in [7, 11) is 0. The van der Waals surface area contributed by atoms with Crippen molar-refractivity contribution in [3.63, 3.8) is 0 Å². The van der Waals surface area contributed by atoms with Crippen molar-refractivity contribution in [2.75, 3.05) is 32.9 Å². The van der Waals surface area contributed by atoms with Gasteiger partial charge in [0.1, 0.15) is 19.0 Å². The molecule has 0 radical (unpaired) electrons. The van der Waals surface area contributed by atoms with E-state index >= 15 is 0 Å². The van der Waals surface area contributed by atoms with Crippen LogP contribution in [0.25, 0.3) is 0 Å². The summed E-state index contributed by atoms with van der Waals surface area (Å²) >= 11 is 0. The number of carbonyl (C=O) groups is 1. The standard InChI is InChI=1S/C12H20N2O4/c13-4-8-17-10-12(15)14-5-2-6-16-9-11-3-1-7-18-11/h1,3,7H,2,4-6,8-10,13H2,(H,14,15). The van der Waals surface area contributed by atoms with E-state index < -0.39 is 0 Å². The average molecular weight is 256 g/mol. The molecule has 0 saturated carbocycles. The summed E-state index contributed by atoms with van der Waals surface area (Å²) in [6, 6.07) is 3.68. The van der Waals surface area contributed by atoms with Crippen LogP contribution in [0.2, 0.25) is 0 Å². The monoisotopic (exact) mass is 256 g/mol. The van der Waals surface area contributed by atoms with Crippen LogP contribution in [0.15, 0.2) is 22.8 Å². The highest BCUT2D eigenvalue weighted by molar-refractivity contribution is 5.77. The van der Waals surface area contributed by atoms with Crippen LogP contribution in [0.4, 0.5) is 0 Å². The minimum atomic E-state index is -0.130. The van der Waals surface area contributed by atoms with Gasteiger partial charge in [-0.1, -0.05) is 0 Å². The summed E-state index contributed by atoms with van der Waals surface area (Å²) < 4.78 is 15.5. The summed E-state index contributed by atoms with van der Waals surface area (Å²) in [6.07, 6.45) is 2.36. The maximum atomic E-state index is 11.2. The van der Waals surface area contributed by atoms with Crippen LogP contribution in [0, 0.1) is 0 Å². The number of hydrogen-bond donors (Lipinski definition) is 2. The van der Waals surface area contributed by atoms with Gasteiger partial charge < -0.3 is 24.9 Å². The van der Waals surface area contributed by atoms with Crippen molar-refractivity contribution in [1.82, 2.24) is 5.32 Å². The lowest BCUT2D eigenvalue weighted by molar-refractivity contribution is -0.125. The summed E-state index contributed by atoms with van der Waals surface area (Å²) in [5.74, 6) is 0.670. The van der Waals surface area contributed by atoms with Gasteiger partial charge in [-0.05, 0) is 18.6 Å². The predicted octanol–water partition coefficient (Wildman–Crippen LogP) is 0.278. The average Bonchev–Trinajstić information content (AvgIpc) is 2.87. The number of furan rings is 1. The molecule has 0 fully saturated rings. The van der Waals surface area contributed by atoms with E-state index in [2.05, 4.69) is 5.32 Å². The second-order valence-electron chi connectivity index (χ2n) is 3.68. The zero-order valence-corrected chi connectivity index (χ0v) is 10.4. The second kappa shape index (κ2) is 9.64. The largest absolute Gasteiger partial charge is 0.467 e. The Balaban J connectivity index is 1.87. The van der Waals surface area contributed by atoms with Gasteiger partial charge in [0.2, 0.25) is 5.91 Å². The molecule has 1 aromatic rings. The van der Waals surface area contributed by atoms with Crippen molar-refractivity contribution in [2.24, 2.45) is 5.73 Å². The minimum Gasteiger partial charge on any atom is -0.467 e. The molecule has 0 aliphatic rings. The zero-order chi connectivity index (χ0) is 13.1. The summed E-state index contributed by atoms with van der Waals surface area (Å²) in [4.78, 5) is 11.2. The van der Waals surface area contributed by atoms with Crippen LogP contribution in [0.1, 0.15) is 12.2 Å². The quantitative estimate of drug-likeness (QED) is 0.587. The normalized spacial score (nSPS) is 10.5. The molecule has 0 aliphatic carbocycles. The molecule has 102 valence electrons. The van der Waals surface area contributed by atoms with E-state index in [9.17, 15) is 4.79 Å². The van der Waals surface area contributed by atoms with Gasteiger partial charge in [-0.25, -0.2) is 0 Å². The van der Waals surface area contributed by atoms with Gasteiger partial charge in [0, 0.05) is 19.7 Å². The van der Waals surface area contributed by atoms with Crippen LogP contribution in [-0.4, -0.2) is 38.8 Å². The molecule has 0 aromatic carbocycles. The van der Waals surface area contributed by atoms with E-state index in [-0.39, 0.29) is 12.5 Å². The lowest BCUT2D eigenvalue weighted by Crippen LogP contribution is -2.29. The van der Waals surface area contributed by atoms with Crippen molar-refractivity contribution in [1.29, 1.82) is 0 Å². The number of amides is 1. The highest BCUT2D eigenvalue weighted by Crippen LogP contribution is 2.01. The number of nitrogens with two attached hydrogens (primary N) is 1. The van der Waals surface area contributed by atoms with E-state index in [0.717, 1.165) is 12.2 Å². The number of ether oxygens (including phenoxy) is 2. The van der Waals surface area contributed by atoms with Crippen LogP contribution < -0.4 is 11.1 Å². The number of carbonyl (C=O) groups excluding carboxylic acids is 1. The molecule has 1 rings (SSSR count). The van der Waals surface area contributed by atoms with E-state index in [1.807, 2.05) is 12.1 Å². The fraction of sp³-hybridized carbons (Fsp3) is 0.583. The van der Waals surface area contributed by atoms with Crippen molar-refractivity contribution in [3.05, 3.63) is 24.2 Å². The molecule has 3 N–H and O–H groups in total. The van der Waals surface area contributed by atoms with Crippen molar-refractivity contribution < 1.29 is 18.7 Å². The first-order valence-corrected chi connectivity index (χ1v) is 5.97. The molecule has 0 aliphatic heterocycles. The highest BCUT2D eigenvalue weighted by atomic mass is 16.5. The van der Waals surface area contributed by atoms with E-state index in [0.29, 0.717) is 32.9 Å². The molecule has 6 nitrogen and oxygen atoms in total. The lowest BCUT2D eigenvalue weighted by atomic mass is 10.4. The first kappa shape index (κ1) is 14.7.